The summed E-state index contributed by atoms with van der Waals surface area (Å²) in [5.74, 6) is 0.530. The Hall–Kier alpha value is -0.900. The molecule has 0 bridgehead atoms. The van der Waals surface area contributed by atoms with E-state index in [4.69, 9.17) is 0 Å². The minimum atomic E-state index is 0.353. The Morgan fingerprint density at radius 2 is 2.36 bits per heavy atom. The minimum Gasteiger partial charge on any atom is -0.290 e. The van der Waals surface area contributed by atoms with E-state index >= 15 is 0 Å². The molecule has 0 saturated heterocycles. The molecule has 2 rings (SSSR count). The van der Waals surface area contributed by atoms with Gasteiger partial charge < -0.3 is 0 Å². The quantitative estimate of drug-likeness (QED) is 0.749. The molecule has 14 heavy (non-hydrogen) atoms. The Labute approximate surface area is 88.5 Å². The van der Waals surface area contributed by atoms with E-state index in [1.807, 2.05) is 17.6 Å². The zero-order valence-electron chi connectivity index (χ0n) is 8.77. The molecule has 2 unspecified atom stereocenters. The molecule has 0 N–H and O–H groups in total. The Morgan fingerprint density at radius 3 is 2.93 bits per heavy atom. The molecule has 0 radical (unpaired) electrons. The van der Waals surface area contributed by atoms with Crippen LogP contribution in [0.1, 0.15) is 32.0 Å². The molecule has 1 aliphatic rings. The van der Waals surface area contributed by atoms with Gasteiger partial charge in [-0.1, -0.05) is 6.92 Å². The second-order valence-electron chi connectivity index (χ2n) is 3.69. The lowest BCUT2D eigenvalue weighted by Gasteiger charge is -2.22. The third-order valence-electron chi connectivity index (χ3n) is 2.83. The van der Waals surface area contributed by atoms with E-state index < -0.39 is 0 Å². The second kappa shape index (κ2) is 3.69. The molecule has 0 aliphatic carbocycles. The van der Waals surface area contributed by atoms with Crippen LogP contribution in [0.4, 0.5) is 0 Å². The largest absolute Gasteiger partial charge is 0.290 e. The summed E-state index contributed by atoms with van der Waals surface area (Å²) in [5.41, 5.74) is 4.28. The fourth-order valence-electron chi connectivity index (χ4n) is 2.16. The van der Waals surface area contributed by atoms with Crippen LogP contribution in [0.2, 0.25) is 0 Å². The molecule has 76 valence electrons. The van der Waals surface area contributed by atoms with Crippen molar-refractivity contribution in [1.29, 1.82) is 0 Å². The van der Waals surface area contributed by atoms with Crippen molar-refractivity contribution in [1.82, 2.24) is 9.99 Å². The van der Waals surface area contributed by atoms with Crippen molar-refractivity contribution >= 4 is 17.0 Å². The molecule has 1 aliphatic heterocycles. The minimum absolute atomic E-state index is 0.353. The average Bonchev–Trinajstić information content (AvgIpc) is 2.72. The summed E-state index contributed by atoms with van der Waals surface area (Å²) in [6, 6.07) is 0.353. The van der Waals surface area contributed by atoms with Crippen molar-refractivity contribution in [2.75, 3.05) is 7.05 Å². The van der Waals surface area contributed by atoms with E-state index in [1.165, 1.54) is 5.71 Å². The molecule has 2 atom stereocenters. The normalized spacial score (nSPS) is 26.8. The first-order valence-electron chi connectivity index (χ1n) is 4.90. The van der Waals surface area contributed by atoms with E-state index in [0.717, 1.165) is 12.1 Å². The SMILES string of the molecule is CCC1C(C)=NN(C)C1c1cscn1. The lowest BCUT2D eigenvalue weighted by atomic mass is 9.92. The average molecular weight is 209 g/mol. The van der Waals surface area contributed by atoms with E-state index in [2.05, 4.69) is 29.3 Å². The highest BCUT2D eigenvalue weighted by Crippen LogP contribution is 2.35. The predicted molar refractivity (Wildman–Crippen MR) is 59.5 cm³/mol. The van der Waals surface area contributed by atoms with Crippen molar-refractivity contribution in [3.63, 3.8) is 0 Å². The highest BCUT2D eigenvalue weighted by atomic mass is 32.1. The van der Waals surface area contributed by atoms with Gasteiger partial charge in [-0.05, 0) is 13.3 Å². The fourth-order valence-corrected chi connectivity index (χ4v) is 2.74. The first-order chi connectivity index (χ1) is 6.74. The van der Waals surface area contributed by atoms with Gasteiger partial charge in [0.2, 0.25) is 0 Å². The zero-order chi connectivity index (χ0) is 10.1. The Kier molecular flexibility index (Phi) is 2.54. The first kappa shape index (κ1) is 9.65. The van der Waals surface area contributed by atoms with Gasteiger partial charge in [0.25, 0.3) is 0 Å². The molecule has 3 nitrogen and oxygen atoms in total. The number of nitrogens with zero attached hydrogens (tertiary/aromatic N) is 3. The van der Waals surface area contributed by atoms with Crippen molar-refractivity contribution in [2.24, 2.45) is 11.0 Å². The van der Waals surface area contributed by atoms with Crippen LogP contribution in [0.15, 0.2) is 16.0 Å². The summed E-state index contributed by atoms with van der Waals surface area (Å²) in [6.45, 7) is 4.32. The molecule has 1 aromatic rings. The van der Waals surface area contributed by atoms with E-state index in [1.54, 1.807) is 11.3 Å². The summed E-state index contributed by atoms with van der Waals surface area (Å²) in [5, 5.41) is 8.66. The molecule has 0 amide bonds. The third kappa shape index (κ3) is 1.43. The van der Waals surface area contributed by atoms with E-state index in [0.29, 0.717) is 12.0 Å². The summed E-state index contributed by atoms with van der Waals surface area (Å²) >= 11 is 1.65. The van der Waals surface area contributed by atoms with Crippen LogP contribution in [-0.2, 0) is 0 Å². The summed E-state index contributed by atoms with van der Waals surface area (Å²) < 4.78 is 0. The maximum absolute atomic E-state index is 4.49. The number of hydrogen-bond acceptors (Lipinski definition) is 4. The van der Waals surface area contributed by atoms with Crippen molar-refractivity contribution < 1.29 is 0 Å². The molecule has 0 saturated carbocycles. The molecule has 0 aromatic carbocycles. The Bertz CT molecular complexity index is 331. The number of rotatable bonds is 2. The van der Waals surface area contributed by atoms with Gasteiger partial charge in [0, 0.05) is 24.1 Å². The zero-order valence-corrected chi connectivity index (χ0v) is 9.58. The Balaban J connectivity index is 2.28. The van der Waals surface area contributed by atoms with Crippen LogP contribution in [0.3, 0.4) is 0 Å². The van der Waals surface area contributed by atoms with E-state index in [9.17, 15) is 0 Å². The van der Waals surface area contributed by atoms with Gasteiger partial charge >= 0.3 is 0 Å². The first-order valence-corrected chi connectivity index (χ1v) is 5.84. The van der Waals surface area contributed by atoms with Crippen LogP contribution < -0.4 is 0 Å². The smallest absolute Gasteiger partial charge is 0.0976 e. The van der Waals surface area contributed by atoms with Crippen LogP contribution >= 0.6 is 11.3 Å². The lowest BCUT2D eigenvalue weighted by Crippen LogP contribution is -2.22. The van der Waals surface area contributed by atoms with Crippen LogP contribution in [0.25, 0.3) is 0 Å². The molecule has 0 spiro atoms. The summed E-state index contributed by atoms with van der Waals surface area (Å²) in [4.78, 5) is 4.38. The highest BCUT2D eigenvalue weighted by molar-refractivity contribution is 7.07. The van der Waals surface area contributed by atoms with Crippen LogP contribution in [0.5, 0.6) is 0 Å². The summed E-state index contributed by atoms with van der Waals surface area (Å²) in [6.07, 6.45) is 1.13. The van der Waals surface area contributed by atoms with Crippen LogP contribution in [-0.4, -0.2) is 22.8 Å². The monoisotopic (exact) mass is 209 g/mol. The lowest BCUT2D eigenvalue weighted by molar-refractivity contribution is 0.243. The number of thiazole rings is 1. The molecular weight excluding hydrogens is 194 g/mol. The number of hydrogen-bond donors (Lipinski definition) is 0. The Morgan fingerprint density at radius 1 is 1.57 bits per heavy atom. The van der Waals surface area contributed by atoms with Gasteiger partial charge in [-0.2, -0.15) is 5.10 Å². The van der Waals surface area contributed by atoms with Gasteiger partial charge in [-0.15, -0.1) is 11.3 Å². The maximum Gasteiger partial charge on any atom is 0.0976 e. The molecule has 4 heteroatoms. The fraction of sp³-hybridized carbons (Fsp3) is 0.600. The van der Waals surface area contributed by atoms with Gasteiger partial charge in [0.05, 0.1) is 17.2 Å². The van der Waals surface area contributed by atoms with Gasteiger partial charge in [-0.25, -0.2) is 4.98 Å². The van der Waals surface area contributed by atoms with Crippen LogP contribution in [0, 0.1) is 5.92 Å². The van der Waals surface area contributed by atoms with E-state index in [-0.39, 0.29) is 0 Å². The van der Waals surface area contributed by atoms with Crippen molar-refractivity contribution in [3.8, 4) is 0 Å². The second-order valence-corrected chi connectivity index (χ2v) is 4.41. The van der Waals surface area contributed by atoms with Gasteiger partial charge in [0.15, 0.2) is 0 Å². The predicted octanol–water partition coefficient (Wildman–Crippen LogP) is 2.53. The molecule has 1 aromatic heterocycles. The molecular formula is C10H15N3S. The standard InChI is InChI=1S/C10H15N3S/c1-4-8-7(2)12-13(3)10(8)9-5-14-6-11-9/h5-6,8,10H,4H2,1-3H3. The summed E-state index contributed by atoms with van der Waals surface area (Å²) in [7, 11) is 2.03. The third-order valence-corrected chi connectivity index (χ3v) is 3.43. The topological polar surface area (TPSA) is 28.5 Å². The highest BCUT2D eigenvalue weighted by Gasteiger charge is 2.34. The number of aromatic nitrogens is 1. The maximum atomic E-state index is 4.49. The van der Waals surface area contributed by atoms with Crippen molar-refractivity contribution in [2.45, 2.75) is 26.3 Å². The number of hydrazone groups is 1. The van der Waals surface area contributed by atoms with Gasteiger partial charge in [-0.3, -0.25) is 5.01 Å². The van der Waals surface area contributed by atoms with Gasteiger partial charge in [0.1, 0.15) is 0 Å². The molecule has 0 fully saturated rings. The van der Waals surface area contributed by atoms with Crippen molar-refractivity contribution in [3.05, 3.63) is 16.6 Å². The molecule has 2 heterocycles.